The lowest BCUT2D eigenvalue weighted by atomic mass is 9.79. The van der Waals surface area contributed by atoms with E-state index in [2.05, 4.69) is 49.8 Å². The third-order valence-electron chi connectivity index (χ3n) is 4.49. The van der Waals surface area contributed by atoms with Gasteiger partial charge >= 0.3 is 0 Å². The molecule has 3 rings (SSSR count). The summed E-state index contributed by atoms with van der Waals surface area (Å²) >= 11 is 1.72. The molecule has 2 N–H and O–H groups in total. The number of carbonyl (C=O) groups is 1. The zero-order valence-corrected chi connectivity index (χ0v) is 15.7. The molecule has 1 aliphatic heterocycles. The third-order valence-corrected chi connectivity index (χ3v) is 5.36. The number of hydrogen-bond acceptors (Lipinski definition) is 3. The Morgan fingerprint density at radius 2 is 1.96 bits per heavy atom. The van der Waals surface area contributed by atoms with Crippen LogP contribution in [0.5, 0.6) is 0 Å². The smallest absolute Gasteiger partial charge is 0.268 e. The van der Waals surface area contributed by atoms with Crippen LogP contribution in [0.1, 0.15) is 55.9 Å². The minimum Gasteiger partial charge on any atom is -0.348 e. The van der Waals surface area contributed by atoms with Crippen molar-refractivity contribution in [3.63, 3.8) is 0 Å². The summed E-state index contributed by atoms with van der Waals surface area (Å²) in [6.07, 6.45) is 3.85. The number of rotatable bonds is 4. The lowest BCUT2D eigenvalue weighted by molar-refractivity contribution is 0.0864. The number of nitrogens with zero attached hydrogens (tertiary/aromatic N) is 1. The molecule has 2 aromatic heterocycles. The molecule has 1 saturated heterocycles. The van der Waals surface area contributed by atoms with Gasteiger partial charge in [0.25, 0.3) is 5.91 Å². The number of amides is 1. The van der Waals surface area contributed by atoms with Crippen molar-refractivity contribution in [2.75, 3.05) is 0 Å². The zero-order valence-electron chi connectivity index (χ0n) is 14.9. The fraction of sp³-hybridized carbons (Fsp3) is 0.526. The fourth-order valence-corrected chi connectivity index (χ4v) is 4.71. The van der Waals surface area contributed by atoms with Gasteiger partial charge in [-0.05, 0) is 64.1 Å². The van der Waals surface area contributed by atoms with Gasteiger partial charge in [0.1, 0.15) is 5.69 Å². The first-order chi connectivity index (χ1) is 11.2. The van der Waals surface area contributed by atoms with Gasteiger partial charge in [0.05, 0.1) is 6.54 Å². The van der Waals surface area contributed by atoms with E-state index >= 15 is 0 Å². The first-order valence-electron chi connectivity index (χ1n) is 8.52. The third kappa shape index (κ3) is 4.08. The molecule has 4 nitrogen and oxygen atoms in total. The van der Waals surface area contributed by atoms with Gasteiger partial charge < -0.3 is 15.2 Å². The number of nitrogens with one attached hydrogen (secondary N) is 2. The van der Waals surface area contributed by atoms with Crippen LogP contribution in [-0.2, 0) is 6.54 Å². The average Bonchev–Trinajstić information content (AvgIpc) is 3.06. The number of piperidine rings is 1. The molecule has 1 amide bonds. The van der Waals surface area contributed by atoms with Crippen molar-refractivity contribution in [1.82, 2.24) is 15.2 Å². The summed E-state index contributed by atoms with van der Waals surface area (Å²) in [5.41, 5.74) is 0.787. The molecule has 130 valence electrons. The van der Waals surface area contributed by atoms with Gasteiger partial charge in [0.15, 0.2) is 0 Å². The van der Waals surface area contributed by atoms with E-state index in [0.717, 1.165) is 25.1 Å². The zero-order chi connectivity index (χ0) is 17.4. The molecule has 0 saturated carbocycles. The largest absolute Gasteiger partial charge is 0.348 e. The van der Waals surface area contributed by atoms with E-state index in [4.69, 9.17) is 0 Å². The summed E-state index contributed by atoms with van der Waals surface area (Å²) in [5, 5.41) is 8.98. The van der Waals surface area contributed by atoms with Gasteiger partial charge in [0.2, 0.25) is 0 Å². The molecule has 0 bridgehead atoms. The van der Waals surface area contributed by atoms with Crippen molar-refractivity contribution < 1.29 is 4.79 Å². The molecule has 5 heteroatoms. The highest BCUT2D eigenvalue weighted by atomic mass is 32.1. The van der Waals surface area contributed by atoms with E-state index in [1.807, 2.05) is 29.0 Å². The predicted molar refractivity (Wildman–Crippen MR) is 99.6 cm³/mol. The van der Waals surface area contributed by atoms with Crippen LogP contribution in [0.15, 0.2) is 35.8 Å². The average molecular weight is 346 g/mol. The molecule has 24 heavy (non-hydrogen) atoms. The first kappa shape index (κ1) is 17.2. The van der Waals surface area contributed by atoms with Crippen LogP contribution in [0.3, 0.4) is 0 Å². The Balaban J connectivity index is 1.70. The predicted octanol–water partition coefficient (Wildman–Crippen LogP) is 3.64. The quantitative estimate of drug-likeness (QED) is 0.889. The molecule has 1 aliphatic rings. The highest BCUT2D eigenvalue weighted by molar-refractivity contribution is 7.09. The summed E-state index contributed by atoms with van der Waals surface area (Å²) in [4.78, 5) is 14.1. The number of aromatic nitrogens is 1. The van der Waals surface area contributed by atoms with Crippen LogP contribution >= 0.6 is 11.3 Å². The van der Waals surface area contributed by atoms with Crippen LogP contribution in [0, 0.1) is 0 Å². The maximum atomic E-state index is 12.8. The molecular weight excluding hydrogens is 318 g/mol. The van der Waals surface area contributed by atoms with E-state index in [-0.39, 0.29) is 23.0 Å². The van der Waals surface area contributed by atoms with Crippen LogP contribution in [0.2, 0.25) is 0 Å². The van der Waals surface area contributed by atoms with Crippen molar-refractivity contribution in [2.45, 2.75) is 64.2 Å². The van der Waals surface area contributed by atoms with E-state index in [0.29, 0.717) is 0 Å². The SMILES string of the molecule is CC1(C)CC(NC(=O)c2cccn2Cc2cccs2)CC(C)(C)N1. The van der Waals surface area contributed by atoms with E-state index < -0.39 is 0 Å². The van der Waals surface area contributed by atoms with Gasteiger partial charge in [-0.1, -0.05) is 6.07 Å². The van der Waals surface area contributed by atoms with Crippen molar-refractivity contribution >= 4 is 17.2 Å². The minimum atomic E-state index is 0.0232. The second-order valence-corrected chi connectivity index (χ2v) is 9.10. The van der Waals surface area contributed by atoms with E-state index in [1.165, 1.54) is 4.88 Å². The molecule has 0 unspecified atom stereocenters. The Kier molecular flexibility index (Phi) is 4.58. The minimum absolute atomic E-state index is 0.0232. The van der Waals surface area contributed by atoms with Gasteiger partial charge in [-0.25, -0.2) is 0 Å². The van der Waals surface area contributed by atoms with Gasteiger partial charge in [-0.3, -0.25) is 4.79 Å². The van der Waals surface area contributed by atoms with Crippen LogP contribution in [-0.4, -0.2) is 27.6 Å². The topological polar surface area (TPSA) is 46.1 Å². The Morgan fingerprint density at radius 1 is 1.25 bits per heavy atom. The summed E-state index contributed by atoms with van der Waals surface area (Å²) in [7, 11) is 0. The van der Waals surface area contributed by atoms with E-state index in [9.17, 15) is 4.79 Å². The Bertz CT molecular complexity index is 684. The van der Waals surface area contributed by atoms with Gasteiger partial charge in [0, 0.05) is 28.2 Å². The van der Waals surface area contributed by atoms with E-state index in [1.54, 1.807) is 11.3 Å². The van der Waals surface area contributed by atoms with Crippen molar-refractivity contribution in [3.8, 4) is 0 Å². The molecule has 0 aromatic carbocycles. The number of hydrogen-bond donors (Lipinski definition) is 2. The van der Waals surface area contributed by atoms with Crippen molar-refractivity contribution in [3.05, 3.63) is 46.4 Å². The molecule has 2 aromatic rings. The summed E-state index contributed by atoms with van der Waals surface area (Å²) < 4.78 is 2.03. The lowest BCUT2D eigenvalue weighted by Crippen LogP contribution is -2.62. The summed E-state index contributed by atoms with van der Waals surface area (Å²) in [5.74, 6) is 0.0232. The van der Waals surface area contributed by atoms with Crippen LogP contribution in [0.25, 0.3) is 0 Å². The molecule has 3 heterocycles. The first-order valence-corrected chi connectivity index (χ1v) is 9.40. The van der Waals surface area contributed by atoms with Crippen LogP contribution < -0.4 is 10.6 Å². The van der Waals surface area contributed by atoms with Crippen molar-refractivity contribution in [2.24, 2.45) is 0 Å². The Morgan fingerprint density at radius 3 is 2.58 bits per heavy atom. The monoisotopic (exact) mass is 345 g/mol. The number of thiophene rings is 1. The number of carbonyl (C=O) groups excluding carboxylic acids is 1. The maximum absolute atomic E-state index is 12.8. The molecule has 0 spiro atoms. The molecule has 1 fully saturated rings. The van der Waals surface area contributed by atoms with Crippen molar-refractivity contribution in [1.29, 1.82) is 0 Å². The second kappa shape index (κ2) is 6.37. The standard InChI is InChI=1S/C19H27N3OS/c1-18(2)11-14(12-19(3,4)21-18)20-17(23)16-8-5-9-22(16)13-15-7-6-10-24-15/h5-10,14,21H,11-13H2,1-4H3,(H,20,23). The second-order valence-electron chi connectivity index (χ2n) is 8.07. The molecule has 0 atom stereocenters. The Labute approximate surface area is 148 Å². The lowest BCUT2D eigenvalue weighted by Gasteiger charge is -2.46. The highest BCUT2D eigenvalue weighted by Crippen LogP contribution is 2.28. The summed E-state index contributed by atoms with van der Waals surface area (Å²) in [6.45, 7) is 9.55. The van der Waals surface area contributed by atoms with Crippen LogP contribution in [0.4, 0.5) is 0 Å². The molecule has 0 radical (unpaired) electrons. The normalized spacial score (nSPS) is 20.0. The van der Waals surface area contributed by atoms with Gasteiger partial charge in [-0.15, -0.1) is 11.3 Å². The molecule has 0 aliphatic carbocycles. The summed E-state index contributed by atoms with van der Waals surface area (Å²) in [6, 6.07) is 8.18. The fourth-order valence-electron chi connectivity index (χ4n) is 4.01. The van der Waals surface area contributed by atoms with Gasteiger partial charge in [-0.2, -0.15) is 0 Å². The molecular formula is C19H27N3OS. The Hall–Kier alpha value is -1.59. The highest BCUT2D eigenvalue weighted by Gasteiger charge is 2.38. The maximum Gasteiger partial charge on any atom is 0.268 e.